The van der Waals surface area contributed by atoms with Crippen molar-refractivity contribution >= 4 is 11.6 Å². The molecule has 0 aliphatic carbocycles. The lowest BCUT2D eigenvalue weighted by molar-refractivity contribution is 0.426. The number of ether oxygens (including phenoxy) is 1. The Bertz CT molecular complexity index is 355. The number of hydrogen-bond donors (Lipinski definition) is 0. The van der Waals surface area contributed by atoms with Crippen molar-refractivity contribution < 1.29 is 4.74 Å². The molecule has 0 N–H and O–H groups in total. The first kappa shape index (κ1) is 8.64. The van der Waals surface area contributed by atoms with E-state index in [4.69, 9.17) is 16.3 Å². The third-order valence-corrected chi connectivity index (χ3v) is 2.38. The van der Waals surface area contributed by atoms with Crippen molar-refractivity contribution in [3.63, 3.8) is 0 Å². The number of fused-ring (bicyclic) bond motifs is 1. The van der Waals surface area contributed by atoms with Crippen LogP contribution in [0.4, 0.5) is 0 Å². The molecule has 0 atom stereocenters. The predicted molar refractivity (Wildman–Crippen MR) is 54.2 cm³/mol. The summed E-state index contributed by atoms with van der Waals surface area (Å²) in [7, 11) is 0. The number of benzene rings is 1. The minimum Gasteiger partial charge on any atom is -0.462 e. The Morgan fingerprint density at radius 2 is 2.23 bits per heavy atom. The van der Waals surface area contributed by atoms with Crippen molar-refractivity contribution in [1.82, 2.24) is 0 Å². The third kappa shape index (κ3) is 1.86. The van der Waals surface area contributed by atoms with Gasteiger partial charge in [0.1, 0.15) is 5.75 Å². The van der Waals surface area contributed by atoms with Crippen molar-refractivity contribution in [2.24, 2.45) is 0 Å². The highest BCUT2D eigenvalue weighted by atomic mass is 35.5. The van der Waals surface area contributed by atoms with Gasteiger partial charge in [0, 0.05) is 5.02 Å². The number of allylic oxidation sites excluding steroid dienone is 2. The fourth-order valence-electron chi connectivity index (χ4n) is 1.48. The summed E-state index contributed by atoms with van der Waals surface area (Å²) in [5.41, 5.74) is 1.23. The van der Waals surface area contributed by atoms with Gasteiger partial charge in [-0.1, -0.05) is 17.7 Å². The van der Waals surface area contributed by atoms with Gasteiger partial charge in [0.15, 0.2) is 0 Å². The van der Waals surface area contributed by atoms with Gasteiger partial charge in [0.25, 0.3) is 0 Å². The van der Waals surface area contributed by atoms with Crippen LogP contribution in [0.2, 0.25) is 5.02 Å². The molecule has 1 aromatic rings. The molecule has 0 saturated carbocycles. The van der Waals surface area contributed by atoms with Gasteiger partial charge < -0.3 is 4.74 Å². The van der Waals surface area contributed by atoms with Crippen molar-refractivity contribution in [3.8, 4) is 5.75 Å². The van der Waals surface area contributed by atoms with Crippen LogP contribution in [0, 0.1) is 0 Å². The molecule has 1 aliphatic heterocycles. The maximum Gasteiger partial charge on any atom is 0.131 e. The summed E-state index contributed by atoms with van der Waals surface area (Å²) in [6.07, 6.45) is 4.18. The maximum absolute atomic E-state index is 5.88. The number of hydrogen-bond acceptors (Lipinski definition) is 1. The average molecular weight is 195 g/mol. The van der Waals surface area contributed by atoms with Crippen LogP contribution >= 0.6 is 11.6 Å². The van der Waals surface area contributed by atoms with E-state index >= 15 is 0 Å². The molecule has 1 heterocycles. The largest absolute Gasteiger partial charge is 0.462 e. The van der Waals surface area contributed by atoms with Gasteiger partial charge in [-0.25, -0.2) is 0 Å². The number of halogens is 1. The Hall–Kier alpha value is -0.950. The van der Waals surface area contributed by atoms with Crippen molar-refractivity contribution in [1.29, 1.82) is 0 Å². The Labute approximate surface area is 83.0 Å². The lowest BCUT2D eigenvalue weighted by Crippen LogP contribution is -1.91. The molecule has 0 fully saturated rings. The zero-order valence-electron chi connectivity index (χ0n) is 7.51. The van der Waals surface area contributed by atoms with Crippen LogP contribution in [0.1, 0.15) is 18.9 Å². The molecule has 2 rings (SSSR count). The van der Waals surface area contributed by atoms with Gasteiger partial charge in [-0.05, 0) is 43.5 Å². The Balaban J connectivity index is 2.41. The van der Waals surface area contributed by atoms with E-state index in [1.54, 1.807) is 0 Å². The Kier molecular flexibility index (Phi) is 2.28. The average Bonchev–Trinajstić information content (AvgIpc) is 2.25. The van der Waals surface area contributed by atoms with Crippen LogP contribution in [-0.4, -0.2) is 0 Å². The molecule has 0 saturated heterocycles. The van der Waals surface area contributed by atoms with Gasteiger partial charge >= 0.3 is 0 Å². The highest BCUT2D eigenvalue weighted by Gasteiger charge is 2.08. The maximum atomic E-state index is 5.88. The Morgan fingerprint density at radius 1 is 1.38 bits per heavy atom. The van der Waals surface area contributed by atoms with E-state index in [-0.39, 0.29) is 0 Å². The zero-order valence-corrected chi connectivity index (χ0v) is 8.27. The molecule has 13 heavy (non-hydrogen) atoms. The molecule has 0 unspecified atom stereocenters. The molecule has 2 heteroatoms. The summed E-state index contributed by atoms with van der Waals surface area (Å²) in [6, 6.07) is 5.81. The first-order valence-electron chi connectivity index (χ1n) is 4.39. The van der Waals surface area contributed by atoms with Gasteiger partial charge in [0.05, 0.1) is 5.76 Å². The monoisotopic (exact) mass is 194 g/mol. The smallest absolute Gasteiger partial charge is 0.131 e. The fourth-order valence-corrected chi connectivity index (χ4v) is 1.64. The van der Waals surface area contributed by atoms with Crippen molar-refractivity contribution in [2.75, 3.05) is 0 Å². The normalized spacial score (nSPS) is 15.4. The van der Waals surface area contributed by atoms with Gasteiger partial charge in [0.2, 0.25) is 0 Å². The summed E-state index contributed by atoms with van der Waals surface area (Å²) >= 11 is 5.88. The highest BCUT2D eigenvalue weighted by Crippen LogP contribution is 2.28. The van der Waals surface area contributed by atoms with E-state index in [0.29, 0.717) is 0 Å². The summed E-state index contributed by atoms with van der Waals surface area (Å²) in [5, 5.41) is 0.730. The molecule has 0 radical (unpaired) electrons. The van der Waals surface area contributed by atoms with E-state index in [1.165, 1.54) is 5.56 Å². The van der Waals surface area contributed by atoms with Crippen LogP contribution < -0.4 is 4.74 Å². The Morgan fingerprint density at radius 3 is 3.08 bits per heavy atom. The standard InChI is InChI=1S/C11H11ClO/c1-8-3-2-4-9-5-6-10(12)7-11(9)13-8/h3,5-7H,2,4H2,1H3. The lowest BCUT2D eigenvalue weighted by Gasteiger charge is -2.07. The van der Waals surface area contributed by atoms with E-state index in [2.05, 4.69) is 6.08 Å². The minimum absolute atomic E-state index is 0.730. The highest BCUT2D eigenvalue weighted by molar-refractivity contribution is 6.30. The summed E-state index contributed by atoms with van der Waals surface area (Å²) in [6.45, 7) is 1.97. The number of aryl methyl sites for hydroxylation is 1. The van der Waals surface area contributed by atoms with Crippen LogP contribution in [-0.2, 0) is 6.42 Å². The van der Waals surface area contributed by atoms with Crippen LogP contribution in [0.15, 0.2) is 30.0 Å². The summed E-state index contributed by atoms with van der Waals surface area (Å²) in [4.78, 5) is 0. The molecule has 68 valence electrons. The first-order chi connectivity index (χ1) is 6.25. The van der Waals surface area contributed by atoms with E-state index in [0.717, 1.165) is 29.4 Å². The zero-order chi connectivity index (χ0) is 9.26. The molecule has 0 spiro atoms. The quantitative estimate of drug-likeness (QED) is 0.614. The van der Waals surface area contributed by atoms with E-state index in [9.17, 15) is 0 Å². The molecule has 0 amide bonds. The van der Waals surface area contributed by atoms with Gasteiger partial charge in [-0.2, -0.15) is 0 Å². The van der Waals surface area contributed by atoms with Crippen LogP contribution in [0.25, 0.3) is 0 Å². The summed E-state index contributed by atoms with van der Waals surface area (Å²) < 4.78 is 5.61. The third-order valence-electron chi connectivity index (χ3n) is 2.15. The fraction of sp³-hybridized carbons (Fsp3) is 0.273. The molecular formula is C11H11ClO. The van der Waals surface area contributed by atoms with Crippen molar-refractivity contribution in [2.45, 2.75) is 19.8 Å². The van der Waals surface area contributed by atoms with E-state index < -0.39 is 0 Å². The molecular weight excluding hydrogens is 184 g/mol. The molecule has 1 aromatic carbocycles. The van der Waals surface area contributed by atoms with Gasteiger partial charge in [-0.3, -0.25) is 0 Å². The number of rotatable bonds is 0. The second-order valence-corrected chi connectivity index (χ2v) is 3.64. The molecule has 0 aromatic heterocycles. The second kappa shape index (κ2) is 3.43. The first-order valence-corrected chi connectivity index (χ1v) is 4.76. The van der Waals surface area contributed by atoms with Gasteiger partial charge in [-0.15, -0.1) is 0 Å². The lowest BCUT2D eigenvalue weighted by atomic mass is 10.1. The SMILES string of the molecule is CC1=CCCc2ccc(Cl)cc2O1. The van der Waals surface area contributed by atoms with E-state index in [1.807, 2.05) is 25.1 Å². The predicted octanol–water partition coefficient (Wildman–Crippen LogP) is 3.57. The van der Waals surface area contributed by atoms with Crippen LogP contribution in [0.5, 0.6) is 5.75 Å². The molecule has 0 bridgehead atoms. The van der Waals surface area contributed by atoms with Crippen molar-refractivity contribution in [3.05, 3.63) is 40.6 Å². The summed E-state index contributed by atoms with van der Waals surface area (Å²) in [5.74, 6) is 1.86. The molecule has 1 aliphatic rings. The molecule has 1 nitrogen and oxygen atoms in total. The minimum atomic E-state index is 0.730. The second-order valence-electron chi connectivity index (χ2n) is 3.21. The van der Waals surface area contributed by atoms with Crippen LogP contribution in [0.3, 0.4) is 0 Å². The topological polar surface area (TPSA) is 9.23 Å².